The predicted octanol–water partition coefficient (Wildman–Crippen LogP) is 1.61. The molecule has 1 aliphatic carbocycles. The molecule has 0 radical (unpaired) electrons. The number of amides is 1. The van der Waals surface area contributed by atoms with Crippen LogP contribution in [0, 0.1) is 0 Å². The zero-order valence-corrected chi connectivity index (χ0v) is 14.3. The van der Waals surface area contributed by atoms with Crippen LogP contribution >= 0.6 is 0 Å². The number of ether oxygens (including phenoxy) is 1. The molecule has 0 spiro atoms. The topological polar surface area (TPSA) is 85.2 Å². The quantitative estimate of drug-likeness (QED) is 0.886. The largest absolute Gasteiger partial charge is 0.444 e. The summed E-state index contributed by atoms with van der Waals surface area (Å²) in [6, 6.07) is 0. The highest BCUT2D eigenvalue weighted by Gasteiger charge is 2.29. The van der Waals surface area contributed by atoms with E-state index in [9.17, 15) is 4.79 Å². The summed E-state index contributed by atoms with van der Waals surface area (Å²) in [4.78, 5) is 15.5. The Labute approximate surface area is 141 Å². The molecule has 1 aromatic rings. The Bertz CT molecular complexity index is 645. The molecule has 130 valence electrons. The first-order chi connectivity index (χ1) is 11.4. The predicted molar refractivity (Wildman–Crippen MR) is 88.3 cm³/mol. The van der Waals surface area contributed by atoms with Crippen LogP contribution in [0.4, 0.5) is 4.79 Å². The lowest BCUT2D eigenvalue weighted by atomic mass is 10.0. The van der Waals surface area contributed by atoms with Gasteiger partial charge in [0.15, 0.2) is 5.82 Å². The number of hydrogen-bond acceptors (Lipinski definition) is 6. The van der Waals surface area contributed by atoms with Gasteiger partial charge in [0, 0.05) is 19.0 Å². The van der Waals surface area contributed by atoms with Gasteiger partial charge in [0.05, 0.1) is 6.54 Å². The molecule has 24 heavy (non-hydrogen) atoms. The van der Waals surface area contributed by atoms with E-state index >= 15 is 0 Å². The van der Waals surface area contributed by atoms with Crippen LogP contribution in [0.3, 0.4) is 0 Å². The van der Waals surface area contributed by atoms with Crippen LogP contribution in [0.1, 0.15) is 45.1 Å². The van der Waals surface area contributed by atoms with Gasteiger partial charge in [-0.05, 0) is 32.4 Å². The highest BCUT2D eigenvalue weighted by atomic mass is 16.6. The van der Waals surface area contributed by atoms with Crippen molar-refractivity contribution in [3.8, 4) is 0 Å². The molecule has 1 amide bonds. The molecule has 2 heterocycles. The van der Waals surface area contributed by atoms with E-state index in [0.717, 1.165) is 6.42 Å². The summed E-state index contributed by atoms with van der Waals surface area (Å²) in [5.41, 5.74) is -0.503. The van der Waals surface area contributed by atoms with Crippen molar-refractivity contribution < 1.29 is 9.53 Å². The molecule has 1 saturated heterocycles. The standard InChI is InChI=1S/C16H24N6O2/c1-16(2,3)24-15(23)21-10-9-17-13(11-21)22-19-14(18-20-22)12-7-5-4-6-8-12/h4-7,12-13,17H,8-11H2,1-3H3. The molecule has 0 saturated carbocycles. The first-order valence-electron chi connectivity index (χ1n) is 8.26. The van der Waals surface area contributed by atoms with Crippen molar-refractivity contribution in [3.63, 3.8) is 0 Å². The molecule has 0 aromatic carbocycles. The van der Waals surface area contributed by atoms with Gasteiger partial charge in [-0.15, -0.1) is 15.0 Å². The maximum absolute atomic E-state index is 12.2. The van der Waals surface area contributed by atoms with E-state index in [1.165, 1.54) is 0 Å². The monoisotopic (exact) mass is 332 g/mol. The number of allylic oxidation sites excluding steroid dienone is 4. The number of aromatic nitrogens is 4. The lowest BCUT2D eigenvalue weighted by Crippen LogP contribution is -2.51. The van der Waals surface area contributed by atoms with Gasteiger partial charge in [0.25, 0.3) is 0 Å². The molecule has 8 nitrogen and oxygen atoms in total. The third-order valence-electron chi connectivity index (χ3n) is 3.84. The second-order valence-electron chi connectivity index (χ2n) is 7.02. The van der Waals surface area contributed by atoms with Crippen molar-refractivity contribution in [1.29, 1.82) is 0 Å². The number of tetrazole rings is 1. The molecule has 1 fully saturated rings. The minimum Gasteiger partial charge on any atom is -0.444 e. The first kappa shape index (κ1) is 16.6. The van der Waals surface area contributed by atoms with E-state index in [-0.39, 0.29) is 18.2 Å². The second-order valence-corrected chi connectivity index (χ2v) is 7.02. The lowest BCUT2D eigenvalue weighted by molar-refractivity contribution is 0.0149. The Morgan fingerprint density at radius 1 is 1.38 bits per heavy atom. The fourth-order valence-electron chi connectivity index (χ4n) is 2.67. The number of carbonyl (C=O) groups excluding carboxylic acids is 1. The van der Waals surface area contributed by atoms with Gasteiger partial charge in [0.2, 0.25) is 0 Å². The van der Waals surface area contributed by atoms with Crippen LogP contribution in [0.15, 0.2) is 24.3 Å². The van der Waals surface area contributed by atoms with E-state index < -0.39 is 5.60 Å². The third-order valence-corrected chi connectivity index (χ3v) is 3.84. The summed E-state index contributed by atoms with van der Waals surface area (Å²) in [6.07, 6.45) is 8.55. The van der Waals surface area contributed by atoms with Crippen LogP contribution in [0.5, 0.6) is 0 Å². The summed E-state index contributed by atoms with van der Waals surface area (Å²) < 4.78 is 5.44. The molecular weight excluding hydrogens is 308 g/mol. The minimum atomic E-state index is -0.503. The van der Waals surface area contributed by atoms with Crippen LogP contribution in [-0.4, -0.2) is 56.4 Å². The Morgan fingerprint density at radius 2 is 2.21 bits per heavy atom. The average molecular weight is 332 g/mol. The van der Waals surface area contributed by atoms with Crippen molar-refractivity contribution in [3.05, 3.63) is 30.1 Å². The number of nitrogens with one attached hydrogen (secondary N) is 1. The van der Waals surface area contributed by atoms with E-state index in [1.807, 2.05) is 32.9 Å². The van der Waals surface area contributed by atoms with E-state index in [2.05, 4.69) is 32.9 Å². The Kier molecular flexibility index (Phi) is 4.66. The van der Waals surface area contributed by atoms with Gasteiger partial charge >= 0.3 is 6.09 Å². The summed E-state index contributed by atoms with van der Waals surface area (Å²) in [5.74, 6) is 0.862. The second kappa shape index (κ2) is 6.72. The SMILES string of the molecule is CC(C)(C)OC(=O)N1CCNC(n2nnc(C3C=CC=CC3)n2)C1. The molecular formula is C16H24N6O2. The van der Waals surface area contributed by atoms with Crippen molar-refractivity contribution in [2.75, 3.05) is 19.6 Å². The molecule has 2 atom stereocenters. The molecule has 3 rings (SSSR count). The number of nitrogens with zero attached hydrogens (tertiary/aromatic N) is 5. The molecule has 8 heteroatoms. The van der Waals surface area contributed by atoms with E-state index in [0.29, 0.717) is 25.5 Å². The number of piperazine rings is 1. The van der Waals surface area contributed by atoms with Gasteiger partial charge in [-0.25, -0.2) is 4.79 Å². The van der Waals surface area contributed by atoms with Gasteiger partial charge in [-0.2, -0.15) is 0 Å². The van der Waals surface area contributed by atoms with Gasteiger partial charge < -0.3 is 9.64 Å². The average Bonchev–Trinajstić information content (AvgIpc) is 3.04. The fraction of sp³-hybridized carbons (Fsp3) is 0.625. The lowest BCUT2D eigenvalue weighted by Gasteiger charge is -2.34. The number of carbonyl (C=O) groups is 1. The summed E-state index contributed by atoms with van der Waals surface area (Å²) in [5, 5.41) is 16.1. The maximum Gasteiger partial charge on any atom is 0.410 e. The van der Waals surface area contributed by atoms with E-state index in [1.54, 1.807) is 9.70 Å². The first-order valence-corrected chi connectivity index (χ1v) is 8.26. The van der Waals surface area contributed by atoms with Gasteiger partial charge in [-0.1, -0.05) is 24.3 Å². The molecule has 2 aliphatic rings. The smallest absolute Gasteiger partial charge is 0.410 e. The summed E-state index contributed by atoms with van der Waals surface area (Å²) >= 11 is 0. The van der Waals surface area contributed by atoms with Gasteiger partial charge in [0.1, 0.15) is 11.8 Å². The highest BCUT2D eigenvalue weighted by Crippen LogP contribution is 2.21. The van der Waals surface area contributed by atoms with Crippen molar-refractivity contribution in [1.82, 2.24) is 30.4 Å². The number of hydrogen-bond donors (Lipinski definition) is 1. The number of rotatable bonds is 2. The maximum atomic E-state index is 12.2. The Balaban J connectivity index is 1.64. The van der Waals surface area contributed by atoms with Crippen molar-refractivity contribution in [2.24, 2.45) is 0 Å². The molecule has 1 aromatic heterocycles. The van der Waals surface area contributed by atoms with Crippen LogP contribution < -0.4 is 5.32 Å². The fourth-order valence-corrected chi connectivity index (χ4v) is 2.67. The Morgan fingerprint density at radius 3 is 2.92 bits per heavy atom. The summed E-state index contributed by atoms with van der Waals surface area (Å²) in [6.45, 7) is 7.30. The third kappa shape index (κ3) is 4.00. The van der Waals surface area contributed by atoms with Crippen LogP contribution in [0.2, 0.25) is 0 Å². The molecule has 1 aliphatic heterocycles. The van der Waals surface area contributed by atoms with Crippen LogP contribution in [-0.2, 0) is 4.74 Å². The highest BCUT2D eigenvalue weighted by molar-refractivity contribution is 5.68. The van der Waals surface area contributed by atoms with Gasteiger partial charge in [-0.3, -0.25) is 5.32 Å². The molecule has 0 bridgehead atoms. The normalized spacial score (nSPS) is 24.2. The van der Waals surface area contributed by atoms with E-state index in [4.69, 9.17) is 4.74 Å². The van der Waals surface area contributed by atoms with Crippen LogP contribution in [0.25, 0.3) is 0 Å². The Hall–Kier alpha value is -2.22. The molecule has 2 unspecified atom stereocenters. The minimum absolute atomic E-state index is 0.161. The summed E-state index contributed by atoms with van der Waals surface area (Å²) in [7, 11) is 0. The van der Waals surface area contributed by atoms with Crippen molar-refractivity contribution in [2.45, 2.75) is 44.9 Å². The van der Waals surface area contributed by atoms with Crippen molar-refractivity contribution >= 4 is 6.09 Å². The zero-order chi connectivity index (χ0) is 17.2. The molecule has 1 N–H and O–H groups in total. The zero-order valence-electron chi connectivity index (χ0n) is 14.3.